The molecule has 0 aliphatic carbocycles. The van der Waals surface area contributed by atoms with Crippen molar-refractivity contribution >= 4 is 11.9 Å². The highest BCUT2D eigenvalue weighted by atomic mass is 16.4. The summed E-state index contributed by atoms with van der Waals surface area (Å²) in [4.78, 5) is 24.8. The summed E-state index contributed by atoms with van der Waals surface area (Å²) in [6, 6.07) is 0.374. The van der Waals surface area contributed by atoms with Gasteiger partial charge in [0.15, 0.2) is 0 Å². The third-order valence-corrected chi connectivity index (χ3v) is 3.82. The number of hydrogen-bond donors (Lipinski definition) is 2. The van der Waals surface area contributed by atoms with Gasteiger partial charge in [-0.1, -0.05) is 13.3 Å². The Labute approximate surface area is 115 Å². The van der Waals surface area contributed by atoms with E-state index in [4.69, 9.17) is 5.11 Å². The van der Waals surface area contributed by atoms with Gasteiger partial charge in [-0.25, -0.2) is 0 Å². The fourth-order valence-corrected chi connectivity index (χ4v) is 2.48. The molecule has 5 heteroatoms. The maximum absolute atomic E-state index is 12.0. The molecule has 5 nitrogen and oxygen atoms in total. The summed E-state index contributed by atoms with van der Waals surface area (Å²) in [5, 5.41) is 11.7. The molecule has 0 aromatic carbocycles. The molecule has 1 aliphatic rings. The van der Waals surface area contributed by atoms with Crippen LogP contribution < -0.4 is 5.32 Å². The van der Waals surface area contributed by atoms with Crippen molar-refractivity contribution in [2.75, 3.05) is 19.6 Å². The summed E-state index contributed by atoms with van der Waals surface area (Å²) in [5.41, 5.74) is 0. The summed E-state index contributed by atoms with van der Waals surface area (Å²) in [6.45, 7) is 6.17. The van der Waals surface area contributed by atoms with Crippen LogP contribution in [0.5, 0.6) is 0 Å². The molecular weight excluding hydrogens is 244 g/mol. The minimum Gasteiger partial charge on any atom is -0.481 e. The molecular formula is C14H26N2O3. The molecule has 0 saturated carbocycles. The van der Waals surface area contributed by atoms with Crippen LogP contribution in [0.15, 0.2) is 0 Å². The molecule has 1 heterocycles. The van der Waals surface area contributed by atoms with Crippen molar-refractivity contribution in [1.29, 1.82) is 0 Å². The molecule has 1 amide bonds. The predicted molar refractivity (Wildman–Crippen MR) is 73.9 cm³/mol. The molecule has 19 heavy (non-hydrogen) atoms. The number of amides is 1. The molecule has 0 unspecified atom stereocenters. The number of carbonyl (C=O) groups excluding carboxylic acids is 1. The molecule has 0 spiro atoms. The standard InChI is InChI=1S/C14H26N2O3/c1-3-4-8-15-14(19)12-6-5-11(2)16(10-12)9-7-13(17)18/h11-12H,3-10H2,1-2H3,(H,15,19)(H,17,18)/t11-,12-/m0/s1. The second kappa shape index (κ2) is 8.15. The van der Waals surface area contributed by atoms with E-state index in [1.165, 1.54) is 0 Å². The number of nitrogens with zero attached hydrogens (tertiary/aromatic N) is 1. The van der Waals surface area contributed by atoms with Gasteiger partial charge in [0, 0.05) is 25.7 Å². The van der Waals surface area contributed by atoms with E-state index in [0.717, 1.165) is 32.2 Å². The van der Waals surface area contributed by atoms with Gasteiger partial charge >= 0.3 is 5.97 Å². The van der Waals surface area contributed by atoms with Crippen molar-refractivity contribution in [3.8, 4) is 0 Å². The fourth-order valence-electron chi connectivity index (χ4n) is 2.48. The SMILES string of the molecule is CCCCNC(=O)[C@H]1CC[C@H](C)N(CCC(=O)O)C1. The summed E-state index contributed by atoms with van der Waals surface area (Å²) in [6.07, 6.45) is 4.10. The van der Waals surface area contributed by atoms with E-state index >= 15 is 0 Å². The number of aliphatic carboxylic acids is 1. The van der Waals surface area contributed by atoms with E-state index in [1.54, 1.807) is 0 Å². The van der Waals surface area contributed by atoms with E-state index in [0.29, 0.717) is 19.1 Å². The first-order valence-electron chi connectivity index (χ1n) is 7.28. The predicted octanol–water partition coefficient (Wildman–Crippen LogP) is 1.48. The normalized spacial score (nSPS) is 24.1. The maximum atomic E-state index is 12.0. The van der Waals surface area contributed by atoms with Crippen molar-refractivity contribution in [2.24, 2.45) is 5.92 Å². The van der Waals surface area contributed by atoms with Crippen molar-refractivity contribution in [3.63, 3.8) is 0 Å². The summed E-state index contributed by atoms with van der Waals surface area (Å²) < 4.78 is 0. The number of hydrogen-bond acceptors (Lipinski definition) is 3. The van der Waals surface area contributed by atoms with Crippen LogP contribution in [0.3, 0.4) is 0 Å². The number of carbonyl (C=O) groups is 2. The van der Waals surface area contributed by atoms with Gasteiger partial charge in [0.2, 0.25) is 5.91 Å². The number of carboxylic acid groups (broad SMARTS) is 1. The summed E-state index contributed by atoms with van der Waals surface area (Å²) in [7, 11) is 0. The average molecular weight is 270 g/mol. The molecule has 1 fully saturated rings. The molecule has 2 N–H and O–H groups in total. The first kappa shape index (κ1) is 16.0. The lowest BCUT2D eigenvalue weighted by Gasteiger charge is -2.37. The van der Waals surface area contributed by atoms with Gasteiger partial charge in [-0.3, -0.25) is 14.5 Å². The highest BCUT2D eigenvalue weighted by molar-refractivity contribution is 5.79. The molecule has 1 saturated heterocycles. The van der Waals surface area contributed by atoms with Gasteiger partial charge < -0.3 is 10.4 Å². The Balaban J connectivity index is 2.39. The van der Waals surface area contributed by atoms with Crippen LogP contribution >= 0.6 is 0 Å². The van der Waals surface area contributed by atoms with Crippen LogP contribution in [0.2, 0.25) is 0 Å². The Kier molecular flexibility index (Phi) is 6.84. The van der Waals surface area contributed by atoms with Gasteiger partial charge in [-0.2, -0.15) is 0 Å². The van der Waals surface area contributed by atoms with E-state index < -0.39 is 5.97 Å². The minimum absolute atomic E-state index is 0.0156. The average Bonchev–Trinajstić information content (AvgIpc) is 2.37. The first-order chi connectivity index (χ1) is 9.04. The molecule has 1 aliphatic heterocycles. The molecule has 110 valence electrons. The zero-order valence-electron chi connectivity index (χ0n) is 12.0. The quantitative estimate of drug-likeness (QED) is 0.687. The van der Waals surface area contributed by atoms with E-state index in [1.807, 2.05) is 0 Å². The molecule has 2 atom stereocenters. The third kappa shape index (κ3) is 5.59. The van der Waals surface area contributed by atoms with Crippen LogP contribution in [0.1, 0.15) is 46.0 Å². The maximum Gasteiger partial charge on any atom is 0.304 e. The summed E-state index contributed by atoms with van der Waals surface area (Å²) in [5.74, 6) is -0.635. The van der Waals surface area contributed by atoms with Crippen LogP contribution in [0, 0.1) is 5.92 Å². The lowest BCUT2D eigenvalue weighted by molar-refractivity contribution is -0.137. The molecule has 1 rings (SSSR count). The first-order valence-corrected chi connectivity index (χ1v) is 7.28. The molecule has 0 bridgehead atoms. The highest BCUT2D eigenvalue weighted by Gasteiger charge is 2.29. The second-order valence-corrected chi connectivity index (χ2v) is 5.41. The van der Waals surface area contributed by atoms with Crippen LogP contribution in [0.4, 0.5) is 0 Å². The Morgan fingerprint density at radius 2 is 2.11 bits per heavy atom. The van der Waals surface area contributed by atoms with Gasteiger partial charge in [0.1, 0.15) is 0 Å². The Hall–Kier alpha value is -1.10. The number of likely N-dealkylation sites (tertiary alicyclic amines) is 1. The second-order valence-electron chi connectivity index (χ2n) is 5.41. The number of rotatable bonds is 7. The Morgan fingerprint density at radius 1 is 1.37 bits per heavy atom. The monoisotopic (exact) mass is 270 g/mol. The van der Waals surface area contributed by atoms with Crippen molar-refractivity contribution in [2.45, 2.75) is 52.0 Å². The lowest BCUT2D eigenvalue weighted by atomic mass is 9.92. The Bertz CT molecular complexity index is 307. The summed E-state index contributed by atoms with van der Waals surface area (Å²) >= 11 is 0. The van der Waals surface area contributed by atoms with Crippen LogP contribution in [0.25, 0.3) is 0 Å². The molecule has 0 aromatic rings. The third-order valence-electron chi connectivity index (χ3n) is 3.82. The van der Waals surface area contributed by atoms with Crippen molar-refractivity contribution in [1.82, 2.24) is 10.2 Å². The van der Waals surface area contributed by atoms with Gasteiger partial charge in [-0.05, 0) is 26.2 Å². The largest absolute Gasteiger partial charge is 0.481 e. The zero-order valence-corrected chi connectivity index (χ0v) is 12.0. The zero-order chi connectivity index (χ0) is 14.3. The number of carboxylic acids is 1. The van der Waals surface area contributed by atoms with Crippen LogP contribution in [-0.4, -0.2) is 47.6 Å². The lowest BCUT2D eigenvalue weighted by Crippen LogP contribution is -2.47. The molecule has 0 aromatic heterocycles. The molecule has 0 radical (unpaired) electrons. The highest BCUT2D eigenvalue weighted by Crippen LogP contribution is 2.22. The number of unbranched alkanes of at least 4 members (excludes halogenated alkanes) is 1. The van der Waals surface area contributed by atoms with Crippen molar-refractivity contribution < 1.29 is 14.7 Å². The topological polar surface area (TPSA) is 69.6 Å². The fraction of sp³-hybridized carbons (Fsp3) is 0.857. The van der Waals surface area contributed by atoms with E-state index in [2.05, 4.69) is 24.1 Å². The van der Waals surface area contributed by atoms with E-state index in [-0.39, 0.29) is 18.2 Å². The van der Waals surface area contributed by atoms with Gasteiger partial charge in [0.25, 0.3) is 0 Å². The van der Waals surface area contributed by atoms with Crippen molar-refractivity contribution in [3.05, 3.63) is 0 Å². The number of nitrogens with one attached hydrogen (secondary N) is 1. The van der Waals surface area contributed by atoms with Crippen LogP contribution in [-0.2, 0) is 9.59 Å². The van der Waals surface area contributed by atoms with Gasteiger partial charge in [-0.15, -0.1) is 0 Å². The number of piperidine rings is 1. The Morgan fingerprint density at radius 3 is 2.74 bits per heavy atom. The van der Waals surface area contributed by atoms with Gasteiger partial charge in [0.05, 0.1) is 12.3 Å². The minimum atomic E-state index is -0.776. The van der Waals surface area contributed by atoms with E-state index in [9.17, 15) is 9.59 Å². The smallest absolute Gasteiger partial charge is 0.304 e.